The first-order valence-corrected chi connectivity index (χ1v) is 12.6. The minimum Gasteiger partial charge on any atom is -0.438 e. The molecule has 4 aliphatic carbocycles. The lowest BCUT2D eigenvalue weighted by Gasteiger charge is -2.52. The third kappa shape index (κ3) is 3.14. The second-order valence-electron chi connectivity index (χ2n) is 11.9. The van der Waals surface area contributed by atoms with Crippen molar-refractivity contribution in [1.82, 2.24) is 0 Å². The third-order valence-corrected chi connectivity index (χ3v) is 9.85. The van der Waals surface area contributed by atoms with E-state index in [1.807, 2.05) is 6.92 Å². The molecule has 0 aromatic heterocycles. The molecule has 1 aromatic rings. The predicted octanol–water partition coefficient (Wildman–Crippen LogP) is 3.03. The number of aliphatic hydroxyl groups excluding tert-OH is 3. The Kier molecular flexibility index (Phi) is 5.73. The Bertz CT molecular complexity index is 1150. The van der Waals surface area contributed by atoms with Crippen LogP contribution >= 0.6 is 0 Å². The SMILES string of the molecule is CC1=C[C@]23C(O)[C@@H](C=C(CO)[C@@H](O)[C@]2(O)[C@H]1OC(=O)N(C)c1cccc(F)c1)[C@H]1[C@@H](C[C@H]3C)C1(C)C. The lowest BCUT2D eigenvalue weighted by molar-refractivity contribution is -0.214. The first-order valence-electron chi connectivity index (χ1n) is 12.6. The van der Waals surface area contributed by atoms with Gasteiger partial charge in [0, 0.05) is 18.7 Å². The van der Waals surface area contributed by atoms with Gasteiger partial charge in [0.2, 0.25) is 0 Å². The van der Waals surface area contributed by atoms with Gasteiger partial charge < -0.3 is 25.2 Å². The number of benzene rings is 1. The van der Waals surface area contributed by atoms with Gasteiger partial charge in [0.15, 0.2) is 6.10 Å². The van der Waals surface area contributed by atoms with Crippen LogP contribution in [-0.4, -0.2) is 64.1 Å². The van der Waals surface area contributed by atoms with Crippen molar-refractivity contribution in [2.45, 2.75) is 58.0 Å². The summed E-state index contributed by atoms with van der Waals surface area (Å²) in [7, 11) is 1.43. The number of carbonyl (C=O) groups excluding carboxylic acids is 1. The number of amides is 1. The van der Waals surface area contributed by atoms with Crippen molar-refractivity contribution in [1.29, 1.82) is 0 Å². The number of hydrogen-bond donors (Lipinski definition) is 4. The molecule has 2 fully saturated rings. The number of aliphatic hydroxyl groups is 4. The molecular formula is C28H36FNO6. The minimum absolute atomic E-state index is 0.0110. The number of nitrogens with zero attached hydrogens (tertiary/aromatic N) is 1. The Morgan fingerprint density at radius 3 is 2.61 bits per heavy atom. The quantitative estimate of drug-likeness (QED) is 0.474. The fourth-order valence-electron chi connectivity index (χ4n) is 7.87. The summed E-state index contributed by atoms with van der Waals surface area (Å²) in [6, 6.07) is 5.49. The van der Waals surface area contributed by atoms with Crippen LogP contribution < -0.4 is 4.90 Å². The van der Waals surface area contributed by atoms with Crippen LogP contribution in [0, 0.1) is 40.3 Å². The van der Waals surface area contributed by atoms with Crippen molar-refractivity contribution in [2.24, 2.45) is 34.5 Å². The Labute approximate surface area is 210 Å². The summed E-state index contributed by atoms with van der Waals surface area (Å²) in [5, 5.41) is 46.2. The van der Waals surface area contributed by atoms with E-state index in [0.29, 0.717) is 11.5 Å². The summed E-state index contributed by atoms with van der Waals surface area (Å²) < 4.78 is 19.6. The zero-order valence-corrected chi connectivity index (χ0v) is 21.4. The Morgan fingerprint density at radius 1 is 1.28 bits per heavy atom. The van der Waals surface area contributed by atoms with Gasteiger partial charge in [-0.2, -0.15) is 0 Å². The van der Waals surface area contributed by atoms with Crippen LogP contribution in [0.3, 0.4) is 0 Å². The van der Waals surface area contributed by atoms with E-state index in [9.17, 15) is 29.6 Å². The molecule has 0 radical (unpaired) electrons. The molecule has 1 amide bonds. The molecule has 1 aromatic carbocycles. The summed E-state index contributed by atoms with van der Waals surface area (Å²) in [6.07, 6.45) is -0.517. The largest absolute Gasteiger partial charge is 0.438 e. The molecule has 0 aliphatic heterocycles. The van der Waals surface area contributed by atoms with E-state index in [2.05, 4.69) is 13.8 Å². The fraction of sp³-hybridized carbons (Fsp3) is 0.607. The zero-order chi connectivity index (χ0) is 26.4. The van der Waals surface area contributed by atoms with Crippen molar-refractivity contribution >= 4 is 11.8 Å². The number of carbonyl (C=O) groups is 1. The zero-order valence-electron chi connectivity index (χ0n) is 21.4. The van der Waals surface area contributed by atoms with Crippen molar-refractivity contribution in [3.05, 3.63) is 53.4 Å². The Hall–Kier alpha value is -2.26. The van der Waals surface area contributed by atoms with E-state index in [1.54, 1.807) is 25.1 Å². The molecule has 7 nitrogen and oxygen atoms in total. The van der Waals surface area contributed by atoms with Crippen LogP contribution in [0.15, 0.2) is 47.6 Å². The smallest absolute Gasteiger partial charge is 0.414 e. The molecule has 0 saturated heterocycles. The van der Waals surface area contributed by atoms with Gasteiger partial charge in [-0.3, -0.25) is 4.90 Å². The maximum Gasteiger partial charge on any atom is 0.414 e. The number of anilines is 1. The van der Waals surface area contributed by atoms with Crippen molar-refractivity contribution in [3.63, 3.8) is 0 Å². The average molecular weight is 502 g/mol. The number of rotatable bonds is 3. The average Bonchev–Trinajstić information content (AvgIpc) is 3.32. The molecule has 36 heavy (non-hydrogen) atoms. The van der Waals surface area contributed by atoms with Crippen molar-refractivity contribution in [3.8, 4) is 0 Å². The highest BCUT2D eigenvalue weighted by atomic mass is 19.1. The Morgan fingerprint density at radius 2 is 1.97 bits per heavy atom. The highest BCUT2D eigenvalue weighted by Gasteiger charge is 2.76. The molecule has 4 aliphatic rings. The second-order valence-corrected chi connectivity index (χ2v) is 11.9. The topological polar surface area (TPSA) is 110 Å². The molecule has 8 heteroatoms. The number of ether oxygens (including phenoxy) is 1. The van der Waals surface area contributed by atoms with Crippen LogP contribution in [0.4, 0.5) is 14.9 Å². The summed E-state index contributed by atoms with van der Waals surface area (Å²) >= 11 is 0. The van der Waals surface area contributed by atoms with E-state index in [-0.39, 0.29) is 34.4 Å². The van der Waals surface area contributed by atoms with Gasteiger partial charge in [0.1, 0.15) is 17.5 Å². The summed E-state index contributed by atoms with van der Waals surface area (Å²) in [5.74, 6) is -0.690. The monoisotopic (exact) mass is 501 g/mol. The van der Waals surface area contributed by atoms with Gasteiger partial charge in [0.05, 0.1) is 18.1 Å². The van der Waals surface area contributed by atoms with Crippen LogP contribution in [0.25, 0.3) is 0 Å². The molecule has 4 N–H and O–H groups in total. The normalized spacial score (nSPS) is 42.2. The first kappa shape index (κ1) is 25.4. The molecule has 0 heterocycles. The van der Waals surface area contributed by atoms with E-state index in [4.69, 9.17) is 4.74 Å². The molecule has 5 rings (SSSR count). The van der Waals surface area contributed by atoms with Gasteiger partial charge in [-0.1, -0.05) is 39.0 Å². The van der Waals surface area contributed by atoms with Crippen LogP contribution in [0.1, 0.15) is 34.1 Å². The predicted molar refractivity (Wildman–Crippen MR) is 131 cm³/mol. The van der Waals surface area contributed by atoms with Crippen LogP contribution in [0.5, 0.6) is 0 Å². The van der Waals surface area contributed by atoms with Crippen LogP contribution in [-0.2, 0) is 4.74 Å². The second kappa shape index (κ2) is 8.12. The fourth-order valence-corrected chi connectivity index (χ4v) is 7.87. The first-order chi connectivity index (χ1) is 16.8. The summed E-state index contributed by atoms with van der Waals surface area (Å²) in [6.45, 7) is 7.51. The number of fused-ring (bicyclic) bond motifs is 3. The van der Waals surface area contributed by atoms with Crippen molar-refractivity contribution < 1.29 is 34.3 Å². The maximum atomic E-state index is 13.8. The van der Waals surface area contributed by atoms with Gasteiger partial charge in [-0.25, -0.2) is 9.18 Å². The van der Waals surface area contributed by atoms with Gasteiger partial charge in [-0.15, -0.1) is 0 Å². The number of hydrogen-bond acceptors (Lipinski definition) is 6. The van der Waals surface area contributed by atoms with Gasteiger partial charge in [0.25, 0.3) is 0 Å². The van der Waals surface area contributed by atoms with Crippen LogP contribution in [0.2, 0.25) is 0 Å². The van der Waals surface area contributed by atoms with Gasteiger partial charge >= 0.3 is 6.09 Å². The van der Waals surface area contributed by atoms with E-state index >= 15 is 0 Å². The van der Waals surface area contributed by atoms with E-state index in [0.717, 1.165) is 11.3 Å². The highest BCUT2D eigenvalue weighted by Crippen LogP contribution is 2.72. The maximum absolute atomic E-state index is 13.8. The molecule has 9 atom stereocenters. The Balaban J connectivity index is 1.58. The third-order valence-electron chi connectivity index (χ3n) is 9.85. The molecular weight excluding hydrogens is 465 g/mol. The summed E-state index contributed by atoms with van der Waals surface area (Å²) in [4.78, 5) is 14.3. The molecule has 2 saturated carbocycles. The molecule has 2 bridgehead atoms. The standard InChI is InChI=1S/C28H36FNO6/c1-14-12-27-15(2)9-20-21(26(20,3)4)19(23(27)33)10-16(13-31)22(32)28(27,35)24(14)36-25(34)30(5)18-8-6-7-17(29)11-18/h6-8,10-12,15,19-24,31-33,35H,9,13H2,1-5H3/t15-,19+,20-,21+,22-,23?,24+,27+,28+/m1/s1. The minimum atomic E-state index is -2.11. The molecule has 1 spiro atoms. The summed E-state index contributed by atoms with van der Waals surface area (Å²) in [5.41, 5.74) is -2.44. The van der Waals surface area contributed by atoms with E-state index < -0.39 is 47.8 Å². The lowest BCUT2D eigenvalue weighted by atomic mass is 9.58. The van der Waals surface area contributed by atoms with Gasteiger partial charge in [-0.05, 0) is 65.9 Å². The number of halogens is 1. The van der Waals surface area contributed by atoms with Crippen molar-refractivity contribution in [2.75, 3.05) is 18.6 Å². The molecule has 196 valence electrons. The lowest BCUT2D eigenvalue weighted by Crippen LogP contribution is -2.67. The molecule has 1 unspecified atom stereocenters. The highest BCUT2D eigenvalue weighted by molar-refractivity contribution is 5.87. The van der Waals surface area contributed by atoms with E-state index in [1.165, 1.54) is 25.2 Å².